The number of thioether (sulfide) groups is 1. The van der Waals surface area contributed by atoms with Crippen molar-refractivity contribution in [3.8, 4) is 0 Å². The van der Waals surface area contributed by atoms with Gasteiger partial charge in [0, 0.05) is 0 Å². The van der Waals surface area contributed by atoms with Crippen molar-refractivity contribution in [1.82, 2.24) is 0 Å². The normalized spacial score (nSPS) is 16.2. The minimum absolute atomic E-state index is 0.252. The number of benzene rings is 2. The Kier molecular flexibility index (Phi) is 4.27. The molecule has 1 saturated heterocycles. The van der Waals surface area contributed by atoms with Crippen LogP contribution in [0.3, 0.4) is 0 Å². The SMILES string of the molecule is NC(=O)c1ccccc1N1C(=O)/C(=C/c2ccccc2)SC1=S. The Morgan fingerprint density at radius 2 is 1.74 bits per heavy atom. The van der Waals surface area contributed by atoms with E-state index in [1.165, 1.54) is 16.7 Å². The Balaban J connectivity index is 2.00. The number of hydrogen-bond acceptors (Lipinski definition) is 4. The third kappa shape index (κ3) is 3.04. The molecular weight excluding hydrogens is 328 g/mol. The summed E-state index contributed by atoms with van der Waals surface area (Å²) in [5.41, 5.74) is 6.99. The Morgan fingerprint density at radius 3 is 2.43 bits per heavy atom. The molecule has 0 atom stereocenters. The smallest absolute Gasteiger partial charge is 0.270 e. The monoisotopic (exact) mass is 340 g/mol. The average Bonchev–Trinajstić information content (AvgIpc) is 2.82. The topological polar surface area (TPSA) is 63.4 Å². The number of rotatable bonds is 3. The maximum Gasteiger partial charge on any atom is 0.270 e. The molecule has 0 aliphatic carbocycles. The van der Waals surface area contributed by atoms with E-state index in [1.807, 2.05) is 30.3 Å². The Hall–Kier alpha value is -2.44. The Morgan fingerprint density at radius 1 is 1.09 bits per heavy atom. The summed E-state index contributed by atoms with van der Waals surface area (Å²) in [4.78, 5) is 26.1. The van der Waals surface area contributed by atoms with E-state index in [0.29, 0.717) is 14.9 Å². The number of amides is 2. The van der Waals surface area contributed by atoms with Gasteiger partial charge in [-0.05, 0) is 23.8 Å². The van der Waals surface area contributed by atoms with Crippen LogP contribution < -0.4 is 10.6 Å². The summed E-state index contributed by atoms with van der Waals surface area (Å²) in [7, 11) is 0. The molecule has 0 saturated carbocycles. The van der Waals surface area contributed by atoms with E-state index in [-0.39, 0.29) is 11.5 Å². The molecular formula is C17H12N2O2S2. The van der Waals surface area contributed by atoms with E-state index < -0.39 is 5.91 Å². The molecule has 1 aliphatic rings. The van der Waals surface area contributed by atoms with Crippen molar-refractivity contribution >= 4 is 51.9 Å². The minimum atomic E-state index is -0.596. The largest absolute Gasteiger partial charge is 0.366 e. The number of nitrogens with two attached hydrogens (primary N) is 1. The maximum atomic E-state index is 12.7. The van der Waals surface area contributed by atoms with E-state index in [0.717, 1.165) is 5.56 Å². The molecule has 2 aromatic carbocycles. The first-order chi connectivity index (χ1) is 11.1. The van der Waals surface area contributed by atoms with Gasteiger partial charge in [-0.25, -0.2) is 0 Å². The number of carbonyl (C=O) groups is 2. The second-order valence-electron chi connectivity index (χ2n) is 4.81. The molecule has 0 radical (unpaired) electrons. The van der Waals surface area contributed by atoms with Crippen molar-refractivity contribution in [2.45, 2.75) is 0 Å². The van der Waals surface area contributed by atoms with E-state index in [9.17, 15) is 9.59 Å². The van der Waals surface area contributed by atoms with Gasteiger partial charge in [0.05, 0.1) is 16.2 Å². The first-order valence-electron chi connectivity index (χ1n) is 6.80. The summed E-state index contributed by atoms with van der Waals surface area (Å²) < 4.78 is 0.380. The fourth-order valence-corrected chi connectivity index (χ4v) is 3.54. The molecule has 1 fully saturated rings. The second kappa shape index (κ2) is 6.36. The van der Waals surface area contributed by atoms with Gasteiger partial charge in [-0.3, -0.25) is 14.5 Å². The van der Waals surface area contributed by atoms with Crippen molar-refractivity contribution in [1.29, 1.82) is 0 Å². The van der Waals surface area contributed by atoms with Crippen molar-refractivity contribution in [3.63, 3.8) is 0 Å². The summed E-state index contributed by atoms with van der Waals surface area (Å²) >= 11 is 6.52. The fraction of sp³-hybridized carbons (Fsp3) is 0. The zero-order chi connectivity index (χ0) is 16.4. The van der Waals surface area contributed by atoms with Crippen LogP contribution in [0.15, 0.2) is 59.5 Å². The molecule has 6 heteroatoms. The third-order valence-electron chi connectivity index (χ3n) is 3.30. The highest BCUT2D eigenvalue weighted by Gasteiger charge is 2.34. The van der Waals surface area contributed by atoms with E-state index in [2.05, 4.69) is 0 Å². The van der Waals surface area contributed by atoms with E-state index in [1.54, 1.807) is 30.3 Å². The minimum Gasteiger partial charge on any atom is -0.366 e. The second-order valence-corrected chi connectivity index (χ2v) is 6.48. The number of para-hydroxylation sites is 1. The molecule has 2 aromatic rings. The zero-order valence-electron chi connectivity index (χ0n) is 11.9. The summed E-state index contributed by atoms with van der Waals surface area (Å²) in [5, 5.41) is 0. The van der Waals surface area contributed by atoms with Crippen molar-refractivity contribution < 1.29 is 9.59 Å². The summed E-state index contributed by atoms with van der Waals surface area (Å²) in [5.74, 6) is -0.848. The number of primary amides is 1. The highest BCUT2D eigenvalue weighted by atomic mass is 32.2. The van der Waals surface area contributed by atoms with Crippen LogP contribution in [0.4, 0.5) is 5.69 Å². The summed E-state index contributed by atoms with van der Waals surface area (Å²) in [6, 6.07) is 16.2. The number of carbonyl (C=O) groups excluding carboxylic acids is 2. The molecule has 23 heavy (non-hydrogen) atoms. The van der Waals surface area contributed by atoms with Crippen molar-refractivity contribution in [2.24, 2.45) is 5.73 Å². The van der Waals surface area contributed by atoms with Crippen LogP contribution in [0.2, 0.25) is 0 Å². The molecule has 2 amide bonds. The predicted molar refractivity (Wildman–Crippen MR) is 97.1 cm³/mol. The Labute approximate surface area is 143 Å². The quantitative estimate of drug-likeness (QED) is 0.688. The van der Waals surface area contributed by atoms with Gasteiger partial charge in [0.15, 0.2) is 4.32 Å². The predicted octanol–water partition coefficient (Wildman–Crippen LogP) is 3.19. The number of hydrogen-bond donors (Lipinski definition) is 1. The fourth-order valence-electron chi connectivity index (χ4n) is 2.25. The van der Waals surface area contributed by atoms with Crippen molar-refractivity contribution in [3.05, 3.63) is 70.6 Å². The summed E-state index contributed by atoms with van der Waals surface area (Å²) in [6.07, 6.45) is 1.78. The molecule has 4 nitrogen and oxygen atoms in total. The van der Waals surface area contributed by atoms with Gasteiger partial charge in [-0.1, -0.05) is 66.4 Å². The van der Waals surface area contributed by atoms with Crippen LogP contribution in [0.1, 0.15) is 15.9 Å². The number of nitrogens with zero attached hydrogens (tertiary/aromatic N) is 1. The standard InChI is InChI=1S/C17H12N2O2S2/c18-15(20)12-8-4-5-9-13(12)19-16(21)14(23-17(19)22)10-11-6-2-1-3-7-11/h1-10H,(H2,18,20)/b14-10-. The van der Waals surface area contributed by atoms with Gasteiger partial charge in [0.1, 0.15) is 0 Å². The number of thiocarbonyl (C=S) groups is 1. The average molecular weight is 340 g/mol. The molecule has 0 unspecified atom stereocenters. The maximum absolute atomic E-state index is 12.7. The van der Waals surface area contributed by atoms with Crippen LogP contribution in [0.25, 0.3) is 6.08 Å². The lowest BCUT2D eigenvalue weighted by atomic mass is 10.1. The van der Waals surface area contributed by atoms with Gasteiger partial charge >= 0.3 is 0 Å². The first kappa shape index (κ1) is 15.5. The first-order valence-corrected chi connectivity index (χ1v) is 8.02. The Bertz CT molecular complexity index is 831. The molecule has 114 valence electrons. The van der Waals surface area contributed by atoms with Crippen molar-refractivity contribution in [2.75, 3.05) is 4.90 Å². The zero-order valence-corrected chi connectivity index (χ0v) is 13.6. The molecule has 0 bridgehead atoms. The lowest BCUT2D eigenvalue weighted by molar-refractivity contribution is -0.113. The van der Waals surface area contributed by atoms with E-state index >= 15 is 0 Å². The van der Waals surface area contributed by atoms with Gasteiger partial charge in [0.2, 0.25) is 0 Å². The van der Waals surface area contributed by atoms with Gasteiger partial charge in [-0.15, -0.1) is 0 Å². The lowest BCUT2D eigenvalue weighted by Crippen LogP contribution is -2.30. The highest BCUT2D eigenvalue weighted by molar-refractivity contribution is 8.27. The molecule has 1 aliphatic heterocycles. The molecule has 1 heterocycles. The highest BCUT2D eigenvalue weighted by Crippen LogP contribution is 2.37. The van der Waals surface area contributed by atoms with Crippen LogP contribution in [0, 0.1) is 0 Å². The molecule has 2 N–H and O–H groups in total. The van der Waals surface area contributed by atoms with Crippen LogP contribution in [-0.2, 0) is 4.79 Å². The van der Waals surface area contributed by atoms with Crippen LogP contribution in [-0.4, -0.2) is 16.1 Å². The molecule has 3 rings (SSSR count). The molecule has 0 spiro atoms. The van der Waals surface area contributed by atoms with Crippen LogP contribution >= 0.6 is 24.0 Å². The van der Waals surface area contributed by atoms with Gasteiger partial charge < -0.3 is 5.73 Å². The van der Waals surface area contributed by atoms with E-state index in [4.69, 9.17) is 18.0 Å². The van der Waals surface area contributed by atoms with Gasteiger partial charge in [-0.2, -0.15) is 0 Å². The lowest BCUT2D eigenvalue weighted by Gasteiger charge is -2.17. The molecule has 0 aromatic heterocycles. The number of anilines is 1. The van der Waals surface area contributed by atoms with Crippen LogP contribution in [0.5, 0.6) is 0 Å². The van der Waals surface area contributed by atoms with Gasteiger partial charge in [0.25, 0.3) is 11.8 Å². The third-order valence-corrected chi connectivity index (χ3v) is 4.60. The summed E-state index contributed by atoms with van der Waals surface area (Å²) in [6.45, 7) is 0.